The quantitative estimate of drug-likeness (QED) is 0.756. The minimum atomic E-state index is -0.249. The molecule has 19 heavy (non-hydrogen) atoms. The maximum absolute atomic E-state index is 12.5. The second-order valence-corrected chi connectivity index (χ2v) is 6.49. The van der Waals surface area contributed by atoms with Crippen LogP contribution in [-0.2, 0) is 5.75 Å². The van der Waals surface area contributed by atoms with Gasteiger partial charge in [0, 0.05) is 10.6 Å². The zero-order chi connectivity index (χ0) is 13.3. The third-order valence-electron chi connectivity index (χ3n) is 3.30. The summed E-state index contributed by atoms with van der Waals surface area (Å²) < 4.78 is 5.06. The SMILES string of the molecule is O=C(c1ccc(Cl)cc1)C1(SCc2ccco2)CC1. The van der Waals surface area contributed by atoms with E-state index in [-0.39, 0.29) is 10.5 Å². The Labute approximate surface area is 121 Å². The summed E-state index contributed by atoms with van der Waals surface area (Å²) in [5, 5.41) is 0.657. The second kappa shape index (κ2) is 5.06. The van der Waals surface area contributed by atoms with Crippen molar-refractivity contribution in [1.29, 1.82) is 0 Å². The number of benzene rings is 1. The van der Waals surface area contributed by atoms with Gasteiger partial charge in [-0.1, -0.05) is 11.6 Å². The van der Waals surface area contributed by atoms with E-state index in [9.17, 15) is 4.79 Å². The lowest BCUT2D eigenvalue weighted by molar-refractivity contribution is 0.0981. The predicted octanol–water partition coefficient (Wildman–Crippen LogP) is 4.58. The van der Waals surface area contributed by atoms with Crippen LogP contribution in [-0.4, -0.2) is 10.5 Å². The van der Waals surface area contributed by atoms with Gasteiger partial charge in [-0.15, -0.1) is 11.8 Å². The fourth-order valence-electron chi connectivity index (χ4n) is 2.02. The first-order valence-corrected chi connectivity index (χ1v) is 7.53. The fourth-order valence-corrected chi connectivity index (χ4v) is 3.37. The van der Waals surface area contributed by atoms with Gasteiger partial charge >= 0.3 is 0 Å². The van der Waals surface area contributed by atoms with E-state index in [2.05, 4.69) is 0 Å². The number of Topliss-reactive ketones (excluding diaryl/α,β-unsaturated/α-hetero) is 1. The van der Waals surface area contributed by atoms with Crippen molar-refractivity contribution in [2.24, 2.45) is 0 Å². The van der Waals surface area contributed by atoms with Crippen molar-refractivity contribution < 1.29 is 9.21 Å². The van der Waals surface area contributed by atoms with Crippen LogP contribution in [0.3, 0.4) is 0 Å². The van der Waals surface area contributed by atoms with E-state index < -0.39 is 0 Å². The van der Waals surface area contributed by atoms with Crippen LogP contribution in [0.15, 0.2) is 47.1 Å². The molecule has 1 aliphatic carbocycles. The lowest BCUT2D eigenvalue weighted by Gasteiger charge is -2.12. The Morgan fingerprint density at radius 3 is 2.58 bits per heavy atom. The minimum Gasteiger partial charge on any atom is -0.468 e. The van der Waals surface area contributed by atoms with E-state index >= 15 is 0 Å². The van der Waals surface area contributed by atoms with Crippen molar-refractivity contribution in [2.75, 3.05) is 0 Å². The van der Waals surface area contributed by atoms with Crippen LogP contribution in [0.2, 0.25) is 5.02 Å². The van der Waals surface area contributed by atoms with E-state index in [1.54, 1.807) is 42.3 Å². The molecule has 0 unspecified atom stereocenters. The first-order chi connectivity index (χ1) is 9.20. The molecule has 0 amide bonds. The third-order valence-corrected chi connectivity index (χ3v) is 5.12. The van der Waals surface area contributed by atoms with Crippen molar-refractivity contribution in [3.63, 3.8) is 0 Å². The van der Waals surface area contributed by atoms with Crippen LogP contribution in [0.25, 0.3) is 0 Å². The number of thioether (sulfide) groups is 1. The van der Waals surface area contributed by atoms with Gasteiger partial charge in [0.05, 0.1) is 16.8 Å². The Morgan fingerprint density at radius 2 is 2.00 bits per heavy atom. The van der Waals surface area contributed by atoms with Crippen molar-refractivity contribution in [3.05, 3.63) is 59.0 Å². The molecule has 0 aliphatic heterocycles. The van der Waals surface area contributed by atoms with Crippen LogP contribution in [0.5, 0.6) is 0 Å². The minimum absolute atomic E-state index is 0.209. The molecule has 2 nitrogen and oxygen atoms in total. The third kappa shape index (κ3) is 2.72. The number of carbonyl (C=O) groups excluding carboxylic acids is 1. The molecular weight excluding hydrogens is 280 g/mol. The molecule has 0 saturated heterocycles. The van der Waals surface area contributed by atoms with Crippen molar-refractivity contribution in [3.8, 4) is 0 Å². The summed E-state index contributed by atoms with van der Waals surface area (Å²) in [6, 6.07) is 11.0. The van der Waals surface area contributed by atoms with Crippen LogP contribution >= 0.6 is 23.4 Å². The summed E-state index contributed by atoms with van der Waals surface area (Å²) in [5.74, 6) is 1.87. The molecule has 2 aromatic rings. The molecule has 1 fully saturated rings. The first kappa shape index (κ1) is 12.8. The summed E-state index contributed by atoms with van der Waals surface area (Å²) in [4.78, 5) is 12.5. The molecule has 0 bridgehead atoms. The summed E-state index contributed by atoms with van der Waals surface area (Å²) in [6.45, 7) is 0. The standard InChI is InChI=1S/C15H13ClO2S/c16-12-5-3-11(4-6-12)14(17)15(7-8-15)19-10-13-2-1-9-18-13/h1-6,9H,7-8,10H2. The van der Waals surface area contributed by atoms with Crippen LogP contribution in [0, 0.1) is 0 Å². The van der Waals surface area contributed by atoms with Gasteiger partial charge < -0.3 is 4.42 Å². The highest BCUT2D eigenvalue weighted by Gasteiger charge is 2.50. The zero-order valence-electron chi connectivity index (χ0n) is 10.3. The van der Waals surface area contributed by atoms with Gasteiger partial charge in [-0.25, -0.2) is 0 Å². The molecule has 0 spiro atoms. The smallest absolute Gasteiger partial charge is 0.178 e. The monoisotopic (exact) mass is 292 g/mol. The number of hydrogen-bond donors (Lipinski definition) is 0. The molecule has 1 aromatic heterocycles. The van der Waals surface area contributed by atoms with Gasteiger partial charge in [0.25, 0.3) is 0 Å². The Balaban J connectivity index is 1.70. The van der Waals surface area contributed by atoms with E-state index in [4.69, 9.17) is 16.0 Å². The van der Waals surface area contributed by atoms with Crippen molar-refractivity contribution in [2.45, 2.75) is 23.3 Å². The highest BCUT2D eigenvalue weighted by molar-refractivity contribution is 8.01. The average Bonchev–Trinajstić information content (AvgIpc) is 3.04. The fraction of sp³-hybridized carbons (Fsp3) is 0.267. The van der Waals surface area contributed by atoms with Crippen molar-refractivity contribution >= 4 is 29.1 Å². The lowest BCUT2D eigenvalue weighted by atomic mass is 10.1. The zero-order valence-corrected chi connectivity index (χ0v) is 11.8. The number of hydrogen-bond acceptors (Lipinski definition) is 3. The predicted molar refractivity (Wildman–Crippen MR) is 77.8 cm³/mol. The highest BCUT2D eigenvalue weighted by atomic mass is 35.5. The molecule has 0 N–H and O–H groups in total. The molecule has 4 heteroatoms. The highest BCUT2D eigenvalue weighted by Crippen LogP contribution is 2.51. The molecule has 1 aliphatic rings. The molecule has 1 heterocycles. The van der Waals surface area contributed by atoms with E-state index in [0.717, 1.165) is 29.9 Å². The second-order valence-electron chi connectivity index (χ2n) is 4.70. The van der Waals surface area contributed by atoms with Gasteiger partial charge in [-0.2, -0.15) is 0 Å². The van der Waals surface area contributed by atoms with Gasteiger partial charge in [-0.05, 0) is 49.2 Å². The van der Waals surface area contributed by atoms with Gasteiger partial charge in [0.2, 0.25) is 0 Å². The molecule has 0 atom stereocenters. The number of carbonyl (C=O) groups is 1. The number of halogens is 1. The van der Waals surface area contributed by atoms with Crippen LogP contribution in [0.1, 0.15) is 29.0 Å². The molecule has 1 saturated carbocycles. The summed E-state index contributed by atoms with van der Waals surface area (Å²) in [5.41, 5.74) is 0.744. The van der Waals surface area contributed by atoms with E-state index in [1.165, 1.54) is 0 Å². The van der Waals surface area contributed by atoms with E-state index in [1.807, 2.05) is 12.1 Å². The summed E-state index contributed by atoms with van der Waals surface area (Å²) >= 11 is 7.52. The largest absolute Gasteiger partial charge is 0.468 e. The molecular formula is C15H13ClO2S. The Hall–Kier alpha value is -1.19. The molecule has 1 aromatic carbocycles. The van der Waals surface area contributed by atoms with Crippen molar-refractivity contribution in [1.82, 2.24) is 0 Å². The Kier molecular flexibility index (Phi) is 3.42. The normalized spacial score (nSPS) is 16.3. The van der Waals surface area contributed by atoms with Crippen LogP contribution < -0.4 is 0 Å². The molecule has 98 valence electrons. The molecule has 3 rings (SSSR count). The Morgan fingerprint density at radius 1 is 1.26 bits per heavy atom. The molecule has 0 radical (unpaired) electrons. The van der Waals surface area contributed by atoms with Crippen LogP contribution in [0.4, 0.5) is 0 Å². The van der Waals surface area contributed by atoms with Gasteiger partial charge in [-0.3, -0.25) is 4.79 Å². The van der Waals surface area contributed by atoms with E-state index in [0.29, 0.717) is 5.02 Å². The summed E-state index contributed by atoms with van der Waals surface area (Å²) in [6.07, 6.45) is 3.55. The summed E-state index contributed by atoms with van der Waals surface area (Å²) in [7, 11) is 0. The van der Waals surface area contributed by atoms with Gasteiger partial charge in [0.15, 0.2) is 5.78 Å². The lowest BCUT2D eigenvalue weighted by Crippen LogP contribution is -2.19. The Bertz CT molecular complexity index is 571. The maximum Gasteiger partial charge on any atom is 0.178 e. The number of ketones is 1. The topological polar surface area (TPSA) is 30.2 Å². The maximum atomic E-state index is 12.5. The van der Waals surface area contributed by atoms with Gasteiger partial charge in [0.1, 0.15) is 5.76 Å². The number of furan rings is 1. The first-order valence-electron chi connectivity index (χ1n) is 6.16. The average molecular weight is 293 g/mol. The number of rotatable bonds is 5.